The van der Waals surface area contributed by atoms with Gasteiger partial charge in [0.15, 0.2) is 5.82 Å². The molecule has 2 aromatic heterocycles. The molecule has 0 amide bonds. The van der Waals surface area contributed by atoms with Gasteiger partial charge in [0.05, 0.1) is 11.6 Å². The molecular formula is C28H36N6O. The Morgan fingerprint density at radius 3 is 2.54 bits per heavy atom. The van der Waals surface area contributed by atoms with Crippen molar-refractivity contribution < 1.29 is 0 Å². The number of fused-ring (bicyclic) bond motifs is 1. The Bertz CT molecular complexity index is 1320. The first kappa shape index (κ1) is 24.8. The Morgan fingerprint density at radius 2 is 1.83 bits per heavy atom. The molecule has 7 heteroatoms. The Morgan fingerprint density at radius 1 is 1.06 bits per heavy atom. The molecule has 0 spiro atoms. The van der Waals surface area contributed by atoms with E-state index in [0.29, 0.717) is 13.1 Å². The normalized spacial score (nSPS) is 13.0. The number of rotatable bonds is 10. The first-order chi connectivity index (χ1) is 16.8. The van der Waals surface area contributed by atoms with Gasteiger partial charge in [-0.3, -0.25) is 9.69 Å². The lowest BCUT2D eigenvalue weighted by Gasteiger charge is -2.33. The SMILES string of the molecule is CCC[C@@H](c1nnnn1C(C)(C)CC)N(Cc1ccccc1)Cc1cc2cc(C)ccc2[nH]c1=O. The second kappa shape index (κ2) is 10.5. The lowest BCUT2D eigenvalue weighted by atomic mass is 10.00. The van der Waals surface area contributed by atoms with Gasteiger partial charge >= 0.3 is 0 Å². The minimum absolute atomic E-state index is 0.0337. The Labute approximate surface area is 207 Å². The molecule has 184 valence electrons. The predicted octanol–water partition coefficient (Wildman–Crippen LogP) is 5.51. The lowest BCUT2D eigenvalue weighted by molar-refractivity contribution is 0.145. The van der Waals surface area contributed by atoms with Crippen molar-refractivity contribution in [2.75, 3.05) is 0 Å². The van der Waals surface area contributed by atoms with Gasteiger partial charge in [-0.1, -0.05) is 62.2 Å². The third kappa shape index (κ3) is 5.51. The van der Waals surface area contributed by atoms with E-state index in [1.54, 1.807) is 0 Å². The van der Waals surface area contributed by atoms with Crippen LogP contribution in [0.4, 0.5) is 0 Å². The third-order valence-corrected chi connectivity index (χ3v) is 6.91. The molecule has 0 unspecified atom stereocenters. The van der Waals surface area contributed by atoms with Crippen LogP contribution >= 0.6 is 0 Å². The molecule has 1 N–H and O–H groups in total. The highest BCUT2D eigenvalue weighted by Gasteiger charge is 2.31. The smallest absolute Gasteiger partial charge is 0.252 e. The van der Waals surface area contributed by atoms with Crippen LogP contribution in [0.2, 0.25) is 0 Å². The van der Waals surface area contributed by atoms with E-state index in [9.17, 15) is 4.79 Å². The predicted molar refractivity (Wildman–Crippen MR) is 140 cm³/mol. The number of aromatic nitrogens is 5. The fourth-order valence-corrected chi connectivity index (χ4v) is 4.53. The summed E-state index contributed by atoms with van der Waals surface area (Å²) in [4.78, 5) is 18.5. The number of hydrogen-bond donors (Lipinski definition) is 1. The number of aromatic amines is 1. The quantitative estimate of drug-likeness (QED) is 0.329. The van der Waals surface area contributed by atoms with Gasteiger partial charge in [-0.25, -0.2) is 4.68 Å². The van der Waals surface area contributed by atoms with Crippen molar-refractivity contribution in [1.82, 2.24) is 30.1 Å². The number of H-pyrrole nitrogens is 1. The summed E-state index contributed by atoms with van der Waals surface area (Å²) < 4.78 is 1.97. The summed E-state index contributed by atoms with van der Waals surface area (Å²) in [6.07, 6.45) is 2.77. The van der Waals surface area contributed by atoms with Crippen LogP contribution in [0.25, 0.3) is 10.9 Å². The zero-order valence-corrected chi connectivity index (χ0v) is 21.5. The number of hydrogen-bond acceptors (Lipinski definition) is 5. The standard InChI is InChI=1S/C28H36N6O/c1-6-11-25(26-30-31-32-34(26)28(4,5)7-2)33(18-21-12-9-8-10-13-21)19-23-17-22-16-20(3)14-15-24(22)29-27(23)35/h8-10,12-17,25H,6-7,11,18-19H2,1-5H3,(H,29,35)/t25-/m0/s1. The third-order valence-electron chi connectivity index (χ3n) is 6.91. The Kier molecular flexibility index (Phi) is 7.45. The van der Waals surface area contributed by atoms with Crippen molar-refractivity contribution in [2.45, 2.75) is 78.6 Å². The average Bonchev–Trinajstić information content (AvgIpc) is 3.34. The molecule has 0 fully saturated rings. The second-order valence-electron chi connectivity index (χ2n) is 10.0. The van der Waals surface area contributed by atoms with E-state index in [1.807, 2.05) is 28.9 Å². The molecule has 0 radical (unpaired) electrons. The summed E-state index contributed by atoms with van der Waals surface area (Å²) in [5.41, 5.74) is 3.70. The van der Waals surface area contributed by atoms with Crippen LogP contribution in [0.15, 0.2) is 59.4 Å². The first-order valence-electron chi connectivity index (χ1n) is 12.5. The summed E-state index contributed by atoms with van der Waals surface area (Å²) in [6.45, 7) is 11.9. The van der Waals surface area contributed by atoms with Gasteiger partial charge in [0, 0.05) is 24.2 Å². The van der Waals surface area contributed by atoms with E-state index in [4.69, 9.17) is 0 Å². The number of nitrogens with one attached hydrogen (secondary N) is 1. The number of nitrogens with zero attached hydrogens (tertiary/aromatic N) is 5. The minimum Gasteiger partial charge on any atom is -0.322 e. The zero-order chi connectivity index (χ0) is 25.0. The molecule has 0 saturated carbocycles. The van der Waals surface area contributed by atoms with Crippen LogP contribution in [0, 0.1) is 6.92 Å². The van der Waals surface area contributed by atoms with Gasteiger partial charge in [0.2, 0.25) is 0 Å². The maximum Gasteiger partial charge on any atom is 0.252 e. The van der Waals surface area contributed by atoms with Crippen LogP contribution in [0.3, 0.4) is 0 Å². The topological polar surface area (TPSA) is 79.7 Å². The molecule has 0 aliphatic rings. The maximum atomic E-state index is 13.1. The second-order valence-corrected chi connectivity index (χ2v) is 10.0. The first-order valence-corrected chi connectivity index (χ1v) is 12.5. The fourth-order valence-electron chi connectivity index (χ4n) is 4.53. The van der Waals surface area contributed by atoms with Crippen LogP contribution in [-0.4, -0.2) is 30.1 Å². The maximum absolute atomic E-state index is 13.1. The lowest BCUT2D eigenvalue weighted by Crippen LogP contribution is -2.36. The molecule has 1 atom stereocenters. The number of benzene rings is 2. The fraction of sp³-hybridized carbons (Fsp3) is 0.429. The molecule has 4 aromatic rings. The van der Waals surface area contributed by atoms with E-state index >= 15 is 0 Å². The van der Waals surface area contributed by atoms with Crippen molar-refractivity contribution >= 4 is 10.9 Å². The van der Waals surface area contributed by atoms with Crippen molar-refractivity contribution in [3.8, 4) is 0 Å². The van der Waals surface area contributed by atoms with E-state index < -0.39 is 0 Å². The van der Waals surface area contributed by atoms with E-state index in [2.05, 4.69) is 90.4 Å². The number of pyridine rings is 1. The van der Waals surface area contributed by atoms with E-state index in [0.717, 1.165) is 41.6 Å². The monoisotopic (exact) mass is 472 g/mol. The van der Waals surface area contributed by atoms with Crippen LogP contribution in [-0.2, 0) is 18.6 Å². The van der Waals surface area contributed by atoms with Crippen LogP contribution in [0.1, 0.15) is 75.5 Å². The van der Waals surface area contributed by atoms with Crippen molar-refractivity contribution in [2.24, 2.45) is 0 Å². The summed E-state index contributed by atoms with van der Waals surface area (Å²) in [5, 5.41) is 14.0. The van der Waals surface area contributed by atoms with Gasteiger partial charge in [-0.2, -0.15) is 0 Å². The number of tetrazole rings is 1. The molecule has 2 heterocycles. The van der Waals surface area contributed by atoms with Crippen LogP contribution < -0.4 is 5.56 Å². The molecule has 0 aliphatic heterocycles. The number of aryl methyl sites for hydroxylation is 1. The molecule has 35 heavy (non-hydrogen) atoms. The Hall–Kier alpha value is -3.32. The van der Waals surface area contributed by atoms with Gasteiger partial charge in [0.25, 0.3) is 5.56 Å². The minimum atomic E-state index is -0.207. The van der Waals surface area contributed by atoms with Crippen molar-refractivity contribution in [3.05, 3.63) is 87.5 Å². The molecule has 7 nitrogen and oxygen atoms in total. The van der Waals surface area contributed by atoms with Gasteiger partial charge in [-0.15, -0.1) is 5.10 Å². The summed E-state index contributed by atoms with van der Waals surface area (Å²) in [5.74, 6) is 0.850. The molecule has 0 aliphatic carbocycles. The van der Waals surface area contributed by atoms with Crippen LogP contribution in [0.5, 0.6) is 0 Å². The zero-order valence-electron chi connectivity index (χ0n) is 21.5. The van der Waals surface area contributed by atoms with Crippen molar-refractivity contribution in [3.63, 3.8) is 0 Å². The van der Waals surface area contributed by atoms with Gasteiger partial charge in [0.1, 0.15) is 0 Å². The highest BCUT2D eigenvalue weighted by atomic mass is 16.1. The molecular weight excluding hydrogens is 436 g/mol. The Balaban J connectivity index is 1.79. The largest absolute Gasteiger partial charge is 0.322 e. The molecule has 4 rings (SSSR count). The molecule has 0 saturated heterocycles. The highest BCUT2D eigenvalue weighted by Crippen LogP contribution is 2.31. The summed E-state index contributed by atoms with van der Waals surface area (Å²) in [6, 6.07) is 18.5. The summed E-state index contributed by atoms with van der Waals surface area (Å²) >= 11 is 0. The van der Waals surface area contributed by atoms with Gasteiger partial charge < -0.3 is 4.98 Å². The molecule has 0 bridgehead atoms. The molecule has 2 aromatic carbocycles. The average molecular weight is 473 g/mol. The van der Waals surface area contributed by atoms with Crippen molar-refractivity contribution in [1.29, 1.82) is 0 Å². The highest BCUT2D eigenvalue weighted by molar-refractivity contribution is 5.79. The van der Waals surface area contributed by atoms with E-state index in [1.165, 1.54) is 11.1 Å². The van der Waals surface area contributed by atoms with E-state index in [-0.39, 0.29) is 17.1 Å². The summed E-state index contributed by atoms with van der Waals surface area (Å²) in [7, 11) is 0. The van der Waals surface area contributed by atoms with Gasteiger partial charge in [-0.05, 0) is 73.2 Å².